The van der Waals surface area contributed by atoms with Crippen LogP contribution < -0.4 is 5.32 Å². The van der Waals surface area contributed by atoms with Crippen LogP contribution in [-0.2, 0) is 18.4 Å². The molecule has 0 aromatic rings. The van der Waals surface area contributed by atoms with Gasteiger partial charge in [-0.1, -0.05) is 164 Å². The smallest absolute Gasteiger partial charge is 0.390 e. The molecule has 1 unspecified atom stereocenters. The summed E-state index contributed by atoms with van der Waals surface area (Å²) in [6.07, 6.45) is 33.6. The average Bonchev–Trinajstić information content (AvgIpc) is 3.13. The highest BCUT2D eigenvalue weighted by Gasteiger charge is 2.28. The highest BCUT2D eigenvalue weighted by molar-refractivity contribution is 7.47. The molecule has 0 aliphatic carbocycles. The fourth-order valence-electron chi connectivity index (χ4n) is 5.72. The van der Waals surface area contributed by atoms with E-state index in [0.29, 0.717) is 11.0 Å². The van der Waals surface area contributed by atoms with E-state index < -0.39 is 50.8 Å². The molecule has 0 saturated carbocycles. The van der Waals surface area contributed by atoms with Gasteiger partial charge in [0.2, 0.25) is 5.91 Å². The van der Waals surface area contributed by atoms with Crippen molar-refractivity contribution in [3.63, 3.8) is 0 Å². The fourth-order valence-corrected chi connectivity index (χ4v) is 6.45. The molecular weight excluding hydrogens is 731 g/mol. The van der Waals surface area contributed by atoms with Crippen molar-refractivity contribution in [3.8, 4) is 0 Å². The molecule has 0 aliphatic heterocycles. The van der Waals surface area contributed by atoms with Gasteiger partial charge >= 0.3 is 7.82 Å². The lowest BCUT2D eigenvalue weighted by Gasteiger charge is -2.25. The Morgan fingerprint density at radius 2 is 1.20 bits per heavy atom. The van der Waals surface area contributed by atoms with E-state index in [0.717, 1.165) is 44.9 Å². The maximum absolute atomic E-state index is 12.9. The van der Waals surface area contributed by atoms with Crippen molar-refractivity contribution in [1.29, 1.82) is 0 Å². The zero-order valence-corrected chi connectivity index (χ0v) is 36.6. The zero-order valence-electron chi connectivity index (χ0n) is 35.7. The molecule has 0 saturated heterocycles. The minimum Gasteiger partial charge on any atom is -0.390 e. The van der Waals surface area contributed by atoms with Crippen molar-refractivity contribution in [2.75, 3.05) is 40.9 Å². The number of hydrogen-bond acceptors (Lipinski definition) is 8. The molecule has 56 heavy (non-hydrogen) atoms. The first kappa shape index (κ1) is 54.1. The molecule has 0 bridgehead atoms. The summed E-state index contributed by atoms with van der Waals surface area (Å²) in [7, 11) is 1.35. The summed E-state index contributed by atoms with van der Waals surface area (Å²) in [5.74, 6) is -0.430. The summed E-state index contributed by atoms with van der Waals surface area (Å²) < 4.78 is 23.4. The van der Waals surface area contributed by atoms with Crippen LogP contribution >= 0.6 is 7.82 Å². The number of allylic oxidation sites excluding steroid dienone is 7. The van der Waals surface area contributed by atoms with Crippen LogP contribution in [0, 0.1) is 0 Å². The predicted octanol–water partition coefficient (Wildman–Crippen LogP) is 8.38. The molecule has 1 amide bonds. The number of unbranched alkanes of at least 4 members (excludes halogenated alkanes) is 14. The topological polar surface area (TPSA) is 166 Å². The van der Waals surface area contributed by atoms with E-state index in [1.54, 1.807) is 48.6 Å². The second-order valence-electron chi connectivity index (χ2n) is 15.9. The van der Waals surface area contributed by atoms with Crippen molar-refractivity contribution in [3.05, 3.63) is 60.8 Å². The number of quaternary nitrogens is 1. The minimum atomic E-state index is -4.43. The average molecular weight is 814 g/mol. The molecule has 0 aromatic carbocycles. The lowest BCUT2D eigenvalue weighted by molar-refractivity contribution is -0.870. The second kappa shape index (κ2) is 35.1. The molecule has 11 nitrogen and oxygen atoms in total. The largest absolute Gasteiger partial charge is 0.472 e. The van der Waals surface area contributed by atoms with E-state index >= 15 is 0 Å². The molecule has 6 N–H and O–H groups in total. The highest BCUT2D eigenvalue weighted by atomic mass is 31.2. The zero-order chi connectivity index (χ0) is 41.9. The monoisotopic (exact) mass is 814 g/mol. The number of rotatable bonds is 37. The lowest BCUT2D eigenvalue weighted by Crippen LogP contribution is -2.45. The molecule has 326 valence electrons. The maximum atomic E-state index is 12.9. The number of amides is 1. The van der Waals surface area contributed by atoms with Crippen molar-refractivity contribution in [1.82, 2.24) is 5.32 Å². The van der Waals surface area contributed by atoms with Gasteiger partial charge in [0.15, 0.2) is 0 Å². The summed E-state index contributed by atoms with van der Waals surface area (Å²) in [5, 5.41) is 44.3. The summed E-state index contributed by atoms with van der Waals surface area (Å²) in [6.45, 7) is 4.40. The van der Waals surface area contributed by atoms with Gasteiger partial charge < -0.3 is 35.1 Å². The van der Waals surface area contributed by atoms with Crippen LogP contribution in [0.15, 0.2) is 60.8 Å². The third-order valence-electron chi connectivity index (χ3n) is 9.35. The van der Waals surface area contributed by atoms with Gasteiger partial charge in [0.1, 0.15) is 13.2 Å². The standard InChI is InChI=1S/C44H81N2O9P/c1-6-8-10-11-12-13-14-15-16-17-18-19-23-27-32-41(48)40(38-55-56(52,53)54-37-36-46(3,4)5)45-44(51)35-29-34-43(50)42(49)33-28-24-21-20-22-26-31-39(47)30-25-9-7-2/h20-22,24,26-28,31-33,39-43,47-50H,6-19,23,25,29-30,34-38H2,1-5H3,(H-,45,51,52,53)/p+1/b22-20-,24-21+,31-26+,32-27+,33-28+/t39-,40-,41+,42-,43-/m0/s1. The molecule has 0 aliphatic rings. The summed E-state index contributed by atoms with van der Waals surface area (Å²) >= 11 is 0. The number of hydrogen-bond donors (Lipinski definition) is 6. The molecular formula is C44H82N2O9P+. The van der Waals surface area contributed by atoms with Gasteiger partial charge in [0.25, 0.3) is 0 Å². The number of likely N-dealkylation sites (N-methyl/N-ethyl adjacent to an activating group) is 1. The molecule has 0 heterocycles. The van der Waals surface area contributed by atoms with Crippen molar-refractivity contribution in [2.24, 2.45) is 0 Å². The Morgan fingerprint density at radius 1 is 0.661 bits per heavy atom. The Hall–Kier alpha value is -1.92. The predicted molar refractivity (Wildman–Crippen MR) is 230 cm³/mol. The van der Waals surface area contributed by atoms with Gasteiger partial charge in [-0.2, -0.15) is 0 Å². The molecule has 0 rings (SSSR count). The molecule has 6 atom stereocenters. The van der Waals surface area contributed by atoms with Gasteiger partial charge in [0.05, 0.1) is 58.2 Å². The summed E-state index contributed by atoms with van der Waals surface area (Å²) in [5.41, 5.74) is 0. The Bertz CT molecular complexity index is 1150. The van der Waals surface area contributed by atoms with Crippen molar-refractivity contribution >= 4 is 13.7 Å². The Morgan fingerprint density at radius 3 is 1.79 bits per heavy atom. The minimum absolute atomic E-state index is 0.00158. The molecule has 0 aromatic heterocycles. The first-order valence-electron chi connectivity index (χ1n) is 21.5. The number of carbonyl (C=O) groups is 1. The van der Waals surface area contributed by atoms with Gasteiger partial charge in [-0.3, -0.25) is 13.8 Å². The van der Waals surface area contributed by atoms with Crippen LogP contribution in [0.25, 0.3) is 0 Å². The van der Waals surface area contributed by atoms with E-state index in [9.17, 15) is 34.7 Å². The van der Waals surface area contributed by atoms with E-state index in [1.807, 2.05) is 27.2 Å². The maximum Gasteiger partial charge on any atom is 0.472 e. The summed E-state index contributed by atoms with van der Waals surface area (Å²) in [4.78, 5) is 23.1. The van der Waals surface area contributed by atoms with E-state index in [2.05, 4.69) is 19.2 Å². The van der Waals surface area contributed by atoms with Gasteiger partial charge in [-0.05, 0) is 32.1 Å². The number of phosphoric acid groups is 1. The SMILES string of the molecule is CCCCCCCCCCCCCC/C=C/[C@@H](O)[C@H](COP(=O)(O)OCC[N+](C)(C)C)NC(=O)CCC[C@H](O)[C@@H](O)/C=C/C=C/C=C\C=C\[C@@H](O)CCCCC. The third kappa shape index (κ3) is 35.3. The highest BCUT2D eigenvalue weighted by Crippen LogP contribution is 2.43. The quantitative estimate of drug-likeness (QED) is 0.0119. The van der Waals surface area contributed by atoms with Crippen LogP contribution in [0.2, 0.25) is 0 Å². The van der Waals surface area contributed by atoms with Gasteiger partial charge in [-0.25, -0.2) is 4.57 Å². The van der Waals surface area contributed by atoms with Crippen molar-refractivity contribution in [2.45, 2.75) is 173 Å². The van der Waals surface area contributed by atoms with Crippen LogP contribution in [0.5, 0.6) is 0 Å². The van der Waals surface area contributed by atoms with Crippen LogP contribution in [-0.4, -0.2) is 107 Å². The summed E-state index contributed by atoms with van der Waals surface area (Å²) in [6, 6.07) is -1.01. The molecule has 12 heteroatoms. The van der Waals surface area contributed by atoms with Crippen LogP contribution in [0.3, 0.4) is 0 Å². The Labute approximate surface area is 340 Å². The Kier molecular flexibility index (Phi) is 33.9. The molecule has 0 spiro atoms. The second-order valence-corrected chi connectivity index (χ2v) is 17.4. The molecule has 0 radical (unpaired) electrons. The number of aliphatic hydroxyl groups is 4. The van der Waals surface area contributed by atoms with Gasteiger partial charge in [0, 0.05) is 6.42 Å². The van der Waals surface area contributed by atoms with Crippen LogP contribution in [0.1, 0.15) is 142 Å². The normalized spacial score (nSPS) is 16.7. The first-order valence-corrected chi connectivity index (χ1v) is 23.0. The lowest BCUT2D eigenvalue weighted by atomic mass is 10.0. The first-order chi connectivity index (χ1) is 26.7. The van der Waals surface area contributed by atoms with E-state index in [1.165, 1.54) is 70.3 Å². The third-order valence-corrected chi connectivity index (χ3v) is 10.3. The fraction of sp³-hybridized carbons (Fsp3) is 0.750. The number of phosphoric ester groups is 1. The Balaban J connectivity index is 4.84. The number of aliphatic hydroxyl groups excluding tert-OH is 4. The van der Waals surface area contributed by atoms with Crippen molar-refractivity contribution < 1.29 is 48.2 Å². The molecule has 0 fully saturated rings. The van der Waals surface area contributed by atoms with Crippen LogP contribution in [0.4, 0.5) is 0 Å². The number of nitrogens with zero attached hydrogens (tertiary/aromatic N) is 1. The van der Waals surface area contributed by atoms with Gasteiger partial charge in [-0.15, -0.1) is 0 Å². The number of carbonyl (C=O) groups excluding carboxylic acids is 1. The van der Waals surface area contributed by atoms with E-state index in [4.69, 9.17) is 9.05 Å². The van der Waals surface area contributed by atoms with E-state index in [-0.39, 0.29) is 25.9 Å². The number of nitrogens with one attached hydrogen (secondary N) is 1.